The Morgan fingerprint density at radius 2 is 2.00 bits per heavy atom. The summed E-state index contributed by atoms with van der Waals surface area (Å²) in [5.41, 5.74) is 1.13. The fraction of sp³-hybridized carbons (Fsp3) is 0.412. The number of fused-ring (bicyclic) bond motifs is 1. The first-order chi connectivity index (χ1) is 9.75. The highest BCUT2D eigenvalue weighted by Crippen LogP contribution is 2.45. The lowest BCUT2D eigenvalue weighted by atomic mass is 9.69. The number of hydrogen-bond acceptors (Lipinski definition) is 3. The molecule has 2 aromatic rings. The van der Waals surface area contributed by atoms with Crippen molar-refractivity contribution in [2.75, 3.05) is 0 Å². The molecule has 1 N–H and O–H groups in total. The first kappa shape index (κ1) is 13.1. The molecular weight excluding hydrogens is 248 g/mol. The number of aromatic nitrogens is 1. The van der Waals surface area contributed by atoms with E-state index in [-0.39, 0.29) is 0 Å². The van der Waals surface area contributed by atoms with Crippen LogP contribution in [0.15, 0.2) is 36.5 Å². The first-order valence-corrected chi connectivity index (χ1v) is 7.19. The topological polar surface area (TPSA) is 56.9 Å². The van der Waals surface area contributed by atoms with Crippen LogP contribution in [0.5, 0.6) is 0 Å². The van der Waals surface area contributed by atoms with Gasteiger partial charge in [0.2, 0.25) is 0 Å². The molecule has 0 aliphatic heterocycles. The minimum absolute atomic E-state index is 0.617. The van der Waals surface area contributed by atoms with Crippen LogP contribution in [0.1, 0.15) is 43.8 Å². The number of nitriles is 1. The molecule has 0 amide bonds. The molecule has 0 bridgehead atoms. The average Bonchev–Trinajstić information content (AvgIpc) is 2.54. The Balaban J connectivity index is 1.99. The van der Waals surface area contributed by atoms with Gasteiger partial charge in [-0.1, -0.05) is 31.4 Å². The second-order valence-electron chi connectivity index (χ2n) is 5.69. The van der Waals surface area contributed by atoms with Crippen molar-refractivity contribution in [2.24, 2.45) is 5.41 Å². The van der Waals surface area contributed by atoms with Gasteiger partial charge >= 0.3 is 0 Å². The van der Waals surface area contributed by atoms with E-state index in [0.29, 0.717) is 0 Å². The number of aliphatic hydroxyl groups excluding tert-OH is 1. The molecule has 20 heavy (non-hydrogen) atoms. The average molecular weight is 266 g/mol. The van der Waals surface area contributed by atoms with Crippen LogP contribution in [0.2, 0.25) is 0 Å². The van der Waals surface area contributed by atoms with E-state index < -0.39 is 11.5 Å². The van der Waals surface area contributed by atoms with Gasteiger partial charge in [0.15, 0.2) is 0 Å². The van der Waals surface area contributed by atoms with Crippen molar-refractivity contribution in [3.8, 4) is 6.07 Å². The highest BCUT2D eigenvalue weighted by molar-refractivity contribution is 5.79. The van der Waals surface area contributed by atoms with Crippen LogP contribution in [0.3, 0.4) is 0 Å². The van der Waals surface area contributed by atoms with E-state index in [1.807, 2.05) is 30.3 Å². The van der Waals surface area contributed by atoms with Crippen molar-refractivity contribution >= 4 is 10.9 Å². The lowest BCUT2D eigenvalue weighted by Gasteiger charge is -2.35. The molecule has 1 aromatic heterocycles. The molecule has 102 valence electrons. The summed E-state index contributed by atoms with van der Waals surface area (Å²) in [6, 6.07) is 12.0. The molecule has 1 unspecified atom stereocenters. The van der Waals surface area contributed by atoms with Crippen LogP contribution in [-0.4, -0.2) is 10.1 Å². The summed E-state index contributed by atoms with van der Waals surface area (Å²) >= 11 is 0. The van der Waals surface area contributed by atoms with Gasteiger partial charge in [0.1, 0.15) is 0 Å². The quantitative estimate of drug-likeness (QED) is 0.900. The Morgan fingerprint density at radius 3 is 2.75 bits per heavy atom. The van der Waals surface area contributed by atoms with E-state index in [2.05, 4.69) is 11.1 Å². The van der Waals surface area contributed by atoms with E-state index >= 15 is 0 Å². The summed E-state index contributed by atoms with van der Waals surface area (Å²) in [6.45, 7) is 0. The summed E-state index contributed by atoms with van der Waals surface area (Å²) in [4.78, 5) is 4.29. The maximum Gasteiger partial charge on any atom is 0.0976 e. The van der Waals surface area contributed by atoms with Gasteiger partial charge in [0.25, 0.3) is 0 Å². The van der Waals surface area contributed by atoms with Gasteiger partial charge in [-0.3, -0.25) is 4.98 Å². The van der Waals surface area contributed by atoms with Crippen LogP contribution in [0.4, 0.5) is 0 Å². The molecule has 1 heterocycles. The third kappa shape index (κ3) is 2.17. The number of pyridine rings is 1. The summed E-state index contributed by atoms with van der Waals surface area (Å²) in [6.07, 6.45) is 5.84. The highest BCUT2D eigenvalue weighted by atomic mass is 16.3. The van der Waals surface area contributed by atoms with E-state index in [1.54, 1.807) is 6.20 Å². The molecule has 3 heteroatoms. The molecule has 0 radical (unpaired) electrons. The van der Waals surface area contributed by atoms with Crippen molar-refractivity contribution in [1.82, 2.24) is 4.98 Å². The van der Waals surface area contributed by atoms with Crippen LogP contribution >= 0.6 is 0 Å². The Hall–Kier alpha value is -1.92. The van der Waals surface area contributed by atoms with Crippen LogP contribution in [0, 0.1) is 16.7 Å². The van der Waals surface area contributed by atoms with Gasteiger partial charge in [-0.15, -0.1) is 0 Å². The molecule has 0 spiro atoms. The molecule has 1 aliphatic rings. The number of hydrogen-bond donors (Lipinski definition) is 1. The molecule has 1 fully saturated rings. The molecule has 0 saturated heterocycles. The van der Waals surface area contributed by atoms with E-state index in [9.17, 15) is 10.4 Å². The monoisotopic (exact) mass is 266 g/mol. The van der Waals surface area contributed by atoms with Gasteiger partial charge in [0.05, 0.1) is 23.1 Å². The van der Waals surface area contributed by atoms with Crippen molar-refractivity contribution in [3.63, 3.8) is 0 Å². The van der Waals surface area contributed by atoms with Gasteiger partial charge in [-0.05, 0) is 36.6 Å². The summed E-state index contributed by atoms with van der Waals surface area (Å²) in [5.74, 6) is 0. The van der Waals surface area contributed by atoms with Crippen LogP contribution < -0.4 is 0 Å². The number of aliphatic hydroxyl groups is 1. The minimum atomic E-state index is -0.711. The summed E-state index contributed by atoms with van der Waals surface area (Å²) in [7, 11) is 0. The zero-order valence-corrected chi connectivity index (χ0v) is 11.4. The zero-order chi connectivity index (χ0) is 14.0. The molecule has 1 atom stereocenters. The van der Waals surface area contributed by atoms with Crippen LogP contribution in [-0.2, 0) is 0 Å². The molecule has 1 aliphatic carbocycles. The number of nitrogens with zero attached hydrogens (tertiary/aromatic N) is 2. The molecule has 3 rings (SSSR count). The Morgan fingerprint density at radius 1 is 1.20 bits per heavy atom. The van der Waals surface area contributed by atoms with Crippen molar-refractivity contribution in [2.45, 2.75) is 38.2 Å². The normalized spacial score (nSPS) is 19.4. The summed E-state index contributed by atoms with van der Waals surface area (Å²) in [5, 5.41) is 21.3. The Bertz CT molecular complexity index is 653. The fourth-order valence-corrected chi connectivity index (χ4v) is 3.21. The summed E-state index contributed by atoms with van der Waals surface area (Å²) < 4.78 is 0. The smallest absolute Gasteiger partial charge is 0.0976 e. The molecular formula is C17H18N2O. The van der Waals surface area contributed by atoms with Crippen molar-refractivity contribution in [3.05, 3.63) is 42.1 Å². The predicted octanol–water partition coefficient (Wildman–Crippen LogP) is 3.74. The van der Waals surface area contributed by atoms with E-state index in [0.717, 1.165) is 48.6 Å². The zero-order valence-electron chi connectivity index (χ0n) is 11.4. The lowest BCUT2D eigenvalue weighted by Crippen LogP contribution is -2.30. The maximum absolute atomic E-state index is 10.7. The van der Waals surface area contributed by atoms with Gasteiger partial charge < -0.3 is 5.11 Å². The van der Waals surface area contributed by atoms with Gasteiger partial charge in [0, 0.05) is 11.6 Å². The molecule has 1 saturated carbocycles. The van der Waals surface area contributed by atoms with Crippen LogP contribution in [0.25, 0.3) is 10.9 Å². The second-order valence-corrected chi connectivity index (χ2v) is 5.69. The predicted molar refractivity (Wildman–Crippen MR) is 77.8 cm³/mol. The van der Waals surface area contributed by atoms with Gasteiger partial charge in [-0.2, -0.15) is 5.26 Å². The van der Waals surface area contributed by atoms with Crippen molar-refractivity contribution in [1.29, 1.82) is 5.26 Å². The standard InChI is InChI=1S/C17H18N2O/c18-12-17(8-2-1-3-9-17)16(20)14-6-7-15-13(11-14)5-4-10-19-15/h4-7,10-11,16,20H,1-3,8-9H2. The van der Waals surface area contributed by atoms with E-state index in [1.165, 1.54) is 0 Å². The molecule has 3 nitrogen and oxygen atoms in total. The maximum atomic E-state index is 10.7. The third-order valence-corrected chi connectivity index (χ3v) is 4.43. The van der Waals surface area contributed by atoms with Crippen molar-refractivity contribution < 1.29 is 5.11 Å². The number of benzene rings is 1. The first-order valence-electron chi connectivity index (χ1n) is 7.19. The lowest BCUT2D eigenvalue weighted by molar-refractivity contribution is 0.0361. The number of rotatable bonds is 2. The fourth-order valence-electron chi connectivity index (χ4n) is 3.21. The minimum Gasteiger partial charge on any atom is -0.387 e. The Kier molecular flexibility index (Phi) is 3.42. The third-order valence-electron chi connectivity index (χ3n) is 4.43. The Labute approximate surface area is 118 Å². The van der Waals surface area contributed by atoms with E-state index in [4.69, 9.17) is 0 Å². The second kappa shape index (κ2) is 5.22. The largest absolute Gasteiger partial charge is 0.387 e. The van der Waals surface area contributed by atoms with Gasteiger partial charge in [-0.25, -0.2) is 0 Å². The molecule has 1 aromatic carbocycles. The highest BCUT2D eigenvalue weighted by Gasteiger charge is 2.40. The SMILES string of the molecule is N#CC1(C(O)c2ccc3ncccc3c2)CCCCC1.